The fourth-order valence-corrected chi connectivity index (χ4v) is 1.44. The molecule has 0 amide bonds. The van der Waals surface area contributed by atoms with Crippen LogP contribution in [0.3, 0.4) is 0 Å². The van der Waals surface area contributed by atoms with Crippen LogP contribution in [0, 0.1) is 0 Å². The monoisotopic (exact) mass is 264 g/mol. The van der Waals surface area contributed by atoms with Crippen LogP contribution in [0.2, 0.25) is 5.02 Å². The Labute approximate surface area is 90.3 Å². The summed E-state index contributed by atoms with van der Waals surface area (Å²) in [5.74, 6) is 0.439. The number of halogens is 3. The third-order valence-corrected chi connectivity index (χ3v) is 3.03. The minimum Gasteiger partial charge on any atom is -0.122 e. The molecule has 0 N–H and O–H groups in total. The number of benzene rings is 1. The van der Waals surface area contributed by atoms with Crippen molar-refractivity contribution in [1.82, 2.24) is 0 Å². The molecular weight excluding hydrogens is 259 g/mol. The Kier molecular flexibility index (Phi) is 3.63. The van der Waals surface area contributed by atoms with Crippen LogP contribution in [0.5, 0.6) is 0 Å². The van der Waals surface area contributed by atoms with Gasteiger partial charge in [0.25, 0.3) is 0 Å². The first kappa shape index (κ1) is 10.1. The van der Waals surface area contributed by atoms with E-state index in [1.165, 1.54) is 0 Å². The van der Waals surface area contributed by atoms with E-state index >= 15 is 0 Å². The van der Waals surface area contributed by atoms with Crippen molar-refractivity contribution in [2.24, 2.45) is 0 Å². The van der Waals surface area contributed by atoms with Crippen LogP contribution in [0.4, 0.5) is 0 Å². The van der Waals surface area contributed by atoms with Gasteiger partial charge in [-0.25, -0.2) is 0 Å². The molecule has 1 aromatic rings. The average molecular weight is 266 g/mol. The van der Waals surface area contributed by atoms with Crippen molar-refractivity contribution in [3.63, 3.8) is 0 Å². The van der Waals surface area contributed by atoms with Crippen LogP contribution in [-0.2, 0) is 0 Å². The van der Waals surface area contributed by atoms with Crippen molar-refractivity contribution < 1.29 is 0 Å². The van der Waals surface area contributed by atoms with Gasteiger partial charge in [0.1, 0.15) is 0 Å². The molecule has 0 bridgehead atoms. The molecule has 0 fully saturated rings. The van der Waals surface area contributed by atoms with Crippen molar-refractivity contribution in [2.75, 3.05) is 5.88 Å². The molecule has 0 aliphatic rings. The molecule has 0 atom stereocenters. The lowest BCUT2D eigenvalue weighted by Gasteiger charge is -2.02. The van der Waals surface area contributed by atoms with E-state index in [4.69, 9.17) is 23.2 Å². The van der Waals surface area contributed by atoms with Gasteiger partial charge in [0, 0.05) is 10.4 Å². The quantitative estimate of drug-likeness (QED) is 0.698. The topological polar surface area (TPSA) is 0 Å². The highest BCUT2D eigenvalue weighted by Gasteiger charge is 2.00. The second kappa shape index (κ2) is 4.31. The molecular formula is C9H7BrCl2. The zero-order valence-electron chi connectivity index (χ0n) is 6.28. The molecule has 1 rings (SSSR count). The highest BCUT2D eigenvalue weighted by atomic mass is 79.9. The van der Waals surface area contributed by atoms with Gasteiger partial charge in [0.05, 0.1) is 5.02 Å². The molecule has 3 heteroatoms. The van der Waals surface area contributed by atoms with E-state index in [-0.39, 0.29) is 0 Å². The summed E-state index contributed by atoms with van der Waals surface area (Å²) in [5.41, 5.74) is 1.91. The van der Waals surface area contributed by atoms with Crippen molar-refractivity contribution in [1.29, 1.82) is 0 Å². The minimum absolute atomic E-state index is 0.439. The van der Waals surface area contributed by atoms with Gasteiger partial charge in [-0.05, 0) is 39.2 Å². The first-order chi connectivity index (χ1) is 5.65. The molecule has 0 aliphatic carbocycles. The van der Waals surface area contributed by atoms with Gasteiger partial charge in [-0.15, -0.1) is 11.6 Å². The Morgan fingerprint density at radius 1 is 1.50 bits per heavy atom. The molecule has 0 radical (unpaired) electrons. The molecule has 0 aromatic heterocycles. The molecule has 12 heavy (non-hydrogen) atoms. The highest BCUT2D eigenvalue weighted by molar-refractivity contribution is 9.10. The number of alkyl halides is 1. The molecule has 64 valence electrons. The first-order valence-corrected chi connectivity index (χ1v) is 5.05. The van der Waals surface area contributed by atoms with Crippen molar-refractivity contribution in [3.8, 4) is 0 Å². The zero-order valence-corrected chi connectivity index (χ0v) is 9.38. The fourth-order valence-electron chi connectivity index (χ4n) is 0.793. The Morgan fingerprint density at radius 2 is 2.17 bits per heavy atom. The maximum atomic E-state index is 5.82. The van der Waals surface area contributed by atoms with E-state index in [0.717, 1.165) is 15.6 Å². The third-order valence-electron chi connectivity index (χ3n) is 1.49. The van der Waals surface area contributed by atoms with E-state index in [9.17, 15) is 0 Å². The van der Waals surface area contributed by atoms with Gasteiger partial charge in [0.2, 0.25) is 0 Å². The molecule has 0 heterocycles. The molecule has 1 aromatic carbocycles. The average Bonchev–Trinajstić information content (AvgIpc) is 2.08. The van der Waals surface area contributed by atoms with Gasteiger partial charge < -0.3 is 0 Å². The highest BCUT2D eigenvalue weighted by Crippen LogP contribution is 2.26. The molecule has 0 saturated carbocycles. The second-order valence-electron chi connectivity index (χ2n) is 2.37. The summed E-state index contributed by atoms with van der Waals surface area (Å²) in [6.45, 7) is 3.82. The summed E-state index contributed by atoms with van der Waals surface area (Å²) in [7, 11) is 0. The Balaban J connectivity index is 3.05. The smallest absolute Gasteiger partial charge is 0.0548 e. The van der Waals surface area contributed by atoms with E-state index in [1.54, 1.807) is 0 Å². The lowest BCUT2D eigenvalue weighted by molar-refractivity contribution is 1.55. The Bertz CT molecular complexity index is 307. The third kappa shape index (κ3) is 2.25. The largest absolute Gasteiger partial charge is 0.122 e. The summed E-state index contributed by atoms with van der Waals surface area (Å²) in [6.07, 6.45) is 0. The summed E-state index contributed by atoms with van der Waals surface area (Å²) >= 11 is 14.8. The van der Waals surface area contributed by atoms with E-state index in [1.807, 2.05) is 18.2 Å². The first-order valence-electron chi connectivity index (χ1n) is 3.34. The molecule has 0 nitrogen and oxygen atoms in total. The Hall–Kier alpha value is 0.0200. The van der Waals surface area contributed by atoms with Gasteiger partial charge >= 0.3 is 0 Å². The summed E-state index contributed by atoms with van der Waals surface area (Å²) in [5, 5.41) is 0.695. The van der Waals surface area contributed by atoms with Crippen LogP contribution in [0.1, 0.15) is 5.56 Å². The van der Waals surface area contributed by atoms with Crippen molar-refractivity contribution in [3.05, 3.63) is 39.8 Å². The summed E-state index contributed by atoms with van der Waals surface area (Å²) in [6, 6.07) is 5.63. The molecule has 0 unspecified atom stereocenters. The van der Waals surface area contributed by atoms with Gasteiger partial charge in [-0.1, -0.05) is 24.2 Å². The number of hydrogen-bond donors (Lipinski definition) is 0. The van der Waals surface area contributed by atoms with Crippen LogP contribution < -0.4 is 0 Å². The van der Waals surface area contributed by atoms with E-state index in [0.29, 0.717) is 10.9 Å². The number of allylic oxidation sites excluding steroid dienone is 1. The van der Waals surface area contributed by atoms with E-state index < -0.39 is 0 Å². The summed E-state index contributed by atoms with van der Waals surface area (Å²) < 4.78 is 0.868. The van der Waals surface area contributed by atoms with E-state index in [2.05, 4.69) is 22.5 Å². The lowest BCUT2D eigenvalue weighted by Crippen LogP contribution is -1.83. The van der Waals surface area contributed by atoms with Gasteiger partial charge in [-0.3, -0.25) is 0 Å². The van der Waals surface area contributed by atoms with Gasteiger partial charge in [-0.2, -0.15) is 0 Å². The van der Waals surface area contributed by atoms with Crippen molar-refractivity contribution >= 4 is 44.7 Å². The molecule has 0 spiro atoms. The normalized spacial score (nSPS) is 9.92. The van der Waals surface area contributed by atoms with Gasteiger partial charge in [0.15, 0.2) is 0 Å². The van der Waals surface area contributed by atoms with Crippen LogP contribution >= 0.6 is 39.1 Å². The standard InChI is InChI=1S/C9H7BrCl2/c1-6(5-11)7-2-3-9(12)8(10)4-7/h2-4H,1,5H2. The SMILES string of the molecule is C=C(CCl)c1ccc(Cl)c(Br)c1. The van der Waals surface area contributed by atoms with Crippen LogP contribution in [0.15, 0.2) is 29.3 Å². The summed E-state index contributed by atoms with van der Waals surface area (Å²) in [4.78, 5) is 0. The maximum Gasteiger partial charge on any atom is 0.0548 e. The number of rotatable bonds is 2. The van der Waals surface area contributed by atoms with Crippen LogP contribution in [0.25, 0.3) is 5.57 Å². The Morgan fingerprint density at radius 3 is 2.67 bits per heavy atom. The zero-order chi connectivity index (χ0) is 9.14. The van der Waals surface area contributed by atoms with Crippen LogP contribution in [-0.4, -0.2) is 5.88 Å². The predicted molar refractivity (Wildman–Crippen MR) is 58.9 cm³/mol. The predicted octanol–water partition coefficient (Wildman–Crippen LogP) is 4.35. The second-order valence-corrected chi connectivity index (χ2v) is 3.89. The molecule has 0 saturated heterocycles. The lowest BCUT2D eigenvalue weighted by atomic mass is 10.1. The van der Waals surface area contributed by atoms with Crippen molar-refractivity contribution in [2.45, 2.75) is 0 Å². The fraction of sp³-hybridized carbons (Fsp3) is 0.111. The minimum atomic E-state index is 0.439. The number of hydrogen-bond acceptors (Lipinski definition) is 0. The molecule has 0 aliphatic heterocycles. The maximum absolute atomic E-state index is 5.82.